The van der Waals surface area contributed by atoms with Crippen LogP contribution in [0.1, 0.15) is 11.3 Å². The molecule has 3 aromatic rings. The Morgan fingerprint density at radius 2 is 2.06 bits per heavy atom. The molecule has 0 aromatic carbocycles. The van der Waals surface area contributed by atoms with E-state index in [4.69, 9.17) is 0 Å². The molecule has 3 aromatic heterocycles. The Labute approximate surface area is 98.8 Å². The summed E-state index contributed by atoms with van der Waals surface area (Å²) in [4.78, 5) is 16.3. The monoisotopic (exact) mass is 224 g/mol. The van der Waals surface area contributed by atoms with E-state index in [1.807, 2.05) is 38.2 Å². The molecule has 4 nitrogen and oxygen atoms in total. The molecule has 17 heavy (non-hydrogen) atoms. The maximum absolute atomic E-state index is 4.48. The molecule has 0 bridgehead atoms. The zero-order chi connectivity index (χ0) is 11.8. The zero-order valence-electron chi connectivity index (χ0n) is 9.73. The molecule has 3 rings (SSSR count). The van der Waals surface area contributed by atoms with Gasteiger partial charge in [-0.25, -0.2) is 9.97 Å². The molecule has 4 heteroatoms. The van der Waals surface area contributed by atoms with Crippen LogP contribution in [0.3, 0.4) is 0 Å². The highest BCUT2D eigenvalue weighted by molar-refractivity contribution is 5.76. The van der Waals surface area contributed by atoms with Gasteiger partial charge < -0.3 is 4.98 Å². The summed E-state index contributed by atoms with van der Waals surface area (Å²) in [6.45, 7) is 3.99. The summed E-state index contributed by atoms with van der Waals surface area (Å²) >= 11 is 0. The molecule has 0 unspecified atom stereocenters. The van der Waals surface area contributed by atoms with Gasteiger partial charge >= 0.3 is 0 Å². The number of H-pyrrole nitrogens is 1. The number of nitrogens with one attached hydrogen (secondary N) is 1. The number of aryl methyl sites for hydroxylation is 2. The Kier molecular flexibility index (Phi) is 2.14. The highest BCUT2D eigenvalue weighted by Crippen LogP contribution is 2.21. The summed E-state index contributed by atoms with van der Waals surface area (Å²) in [6.07, 6.45) is 3.60. The van der Waals surface area contributed by atoms with E-state index >= 15 is 0 Å². The number of imidazole rings is 1. The van der Waals surface area contributed by atoms with Gasteiger partial charge in [0, 0.05) is 23.7 Å². The molecule has 0 saturated carbocycles. The largest absolute Gasteiger partial charge is 0.337 e. The van der Waals surface area contributed by atoms with Crippen molar-refractivity contribution >= 4 is 11.2 Å². The fourth-order valence-corrected chi connectivity index (χ4v) is 1.87. The van der Waals surface area contributed by atoms with Gasteiger partial charge in [0.05, 0.1) is 5.52 Å². The molecule has 0 atom stereocenters. The van der Waals surface area contributed by atoms with E-state index in [2.05, 4.69) is 19.9 Å². The van der Waals surface area contributed by atoms with Crippen molar-refractivity contribution in [3.8, 4) is 11.4 Å². The summed E-state index contributed by atoms with van der Waals surface area (Å²) < 4.78 is 0. The van der Waals surface area contributed by atoms with Crippen molar-refractivity contribution in [2.24, 2.45) is 0 Å². The lowest BCUT2D eigenvalue weighted by atomic mass is 10.2. The Bertz CT molecular complexity index is 685. The standard InChI is InChI=1S/C13H12N4/c1-8-6-11-13(15-7-8)17-12(16-11)10-4-3-5-14-9(10)2/h3-7H,1-2H3,(H,15,16,17). The predicted octanol–water partition coefficient (Wildman–Crippen LogP) is 2.64. The van der Waals surface area contributed by atoms with Gasteiger partial charge in [-0.3, -0.25) is 4.98 Å². The van der Waals surface area contributed by atoms with Gasteiger partial charge in [0.15, 0.2) is 5.65 Å². The van der Waals surface area contributed by atoms with Gasteiger partial charge in [0.2, 0.25) is 0 Å². The third kappa shape index (κ3) is 1.67. The number of hydrogen-bond acceptors (Lipinski definition) is 3. The summed E-state index contributed by atoms with van der Waals surface area (Å²) in [5, 5.41) is 0. The van der Waals surface area contributed by atoms with Gasteiger partial charge in [-0.05, 0) is 37.6 Å². The van der Waals surface area contributed by atoms with Crippen molar-refractivity contribution in [2.45, 2.75) is 13.8 Å². The van der Waals surface area contributed by atoms with Gasteiger partial charge in [-0.1, -0.05) is 0 Å². The first kappa shape index (κ1) is 9.96. The zero-order valence-corrected chi connectivity index (χ0v) is 9.73. The molecule has 0 saturated heterocycles. The number of aromatic amines is 1. The van der Waals surface area contributed by atoms with E-state index < -0.39 is 0 Å². The lowest BCUT2D eigenvalue weighted by Gasteiger charge is -1.98. The summed E-state index contributed by atoms with van der Waals surface area (Å²) in [5.41, 5.74) is 4.80. The van der Waals surface area contributed by atoms with E-state index in [1.165, 1.54) is 0 Å². The Balaban J connectivity index is 2.22. The van der Waals surface area contributed by atoms with Gasteiger partial charge in [0.25, 0.3) is 0 Å². The van der Waals surface area contributed by atoms with Crippen LogP contribution in [0.2, 0.25) is 0 Å². The third-order valence-corrected chi connectivity index (χ3v) is 2.74. The van der Waals surface area contributed by atoms with Crippen molar-refractivity contribution in [3.63, 3.8) is 0 Å². The highest BCUT2D eigenvalue weighted by atomic mass is 15.0. The second-order valence-electron chi connectivity index (χ2n) is 4.11. The van der Waals surface area contributed by atoms with Crippen molar-refractivity contribution in [1.82, 2.24) is 19.9 Å². The maximum Gasteiger partial charge on any atom is 0.178 e. The quantitative estimate of drug-likeness (QED) is 0.691. The molecular formula is C13H12N4. The number of fused-ring (bicyclic) bond motifs is 1. The summed E-state index contributed by atoms with van der Waals surface area (Å²) in [7, 11) is 0. The van der Waals surface area contributed by atoms with E-state index in [0.717, 1.165) is 33.8 Å². The SMILES string of the molecule is Cc1cnc2nc(-c3cccnc3C)[nH]c2c1. The summed E-state index contributed by atoms with van der Waals surface area (Å²) in [5.74, 6) is 0.823. The molecule has 3 heterocycles. The van der Waals surface area contributed by atoms with Crippen LogP contribution in [-0.2, 0) is 0 Å². The van der Waals surface area contributed by atoms with Gasteiger partial charge in [0.1, 0.15) is 5.82 Å². The fourth-order valence-electron chi connectivity index (χ4n) is 1.87. The lowest BCUT2D eigenvalue weighted by Crippen LogP contribution is -1.87. The number of rotatable bonds is 1. The minimum absolute atomic E-state index is 0.744. The third-order valence-electron chi connectivity index (χ3n) is 2.74. The van der Waals surface area contributed by atoms with Crippen molar-refractivity contribution in [2.75, 3.05) is 0 Å². The predicted molar refractivity (Wildman–Crippen MR) is 66.6 cm³/mol. The van der Waals surface area contributed by atoms with Crippen LogP contribution < -0.4 is 0 Å². The number of aromatic nitrogens is 4. The van der Waals surface area contributed by atoms with Crippen LogP contribution in [0, 0.1) is 13.8 Å². The molecule has 0 amide bonds. The first-order chi connectivity index (χ1) is 8.24. The number of nitrogens with zero attached hydrogens (tertiary/aromatic N) is 3. The Hall–Kier alpha value is -2.23. The molecule has 1 N–H and O–H groups in total. The van der Waals surface area contributed by atoms with Crippen LogP contribution in [0.15, 0.2) is 30.6 Å². The summed E-state index contributed by atoms with van der Waals surface area (Å²) in [6, 6.07) is 5.96. The van der Waals surface area contributed by atoms with E-state index in [0.29, 0.717) is 0 Å². The van der Waals surface area contributed by atoms with Crippen LogP contribution >= 0.6 is 0 Å². The molecule has 0 radical (unpaired) electrons. The van der Waals surface area contributed by atoms with E-state index in [-0.39, 0.29) is 0 Å². The Morgan fingerprint density at radius 1 is 1.18 bits per heavy atom. The minimum atomic E-state index is 0.744. The average molecular weight is 224 g/mol. The first-order valence-corrected chi connectivity index (χ1v) is 5.48. The van der Waals surface area contributed by atoms with Crippen molar-refractivity contribution in [3.05, 3.63) is 41.9 Å². The highest BCUT2D eigenvalue weighted by Gasteiger charge is 2.08. The molecule has 0 spiro atoms. The molecular weight excluding hydrogens is 212 g/mol. The molecule has 0 fully saturated rings. The number of hydrogen-bond donors (Lipinski definition) is 1. The lowest BCUT2D eigenvalue weighted by molar-refractivity contribution is 1.18. The van der Waals surface area contributed by atoms with Crippen LogP contribution in [0.25, 0.3) is 22.6 Å². The minimum Gasteiger partial charge on any atom is -0.337 e. The smallest absolute Gasteiger partial charge is 0.178 e. The van der Waals surface area contributed by atoms with Crippen LogP contribution in [0.5, 0.6) is 0 Å². The Morgan fingerprint density at radius 3 is 2.88 bits per heavy atom. The maximum atomic E-state index is 4.48. The second kappa shape index (κ2) is 3.66. The first-order valence-electron chi connectivity index (χ1n) is 5.48. The fraction of sp³-hybridized carbons (Fsp3) is 0.154. The molecule has 0 aliphatic rings. The molecule has 84 valence electrons. The van der Waals surface area contributed by atoms with Crippen molar-refractivity contribution in [1.29, 1.82) is 0 Å². The van der Waals surface area contributed by atoms with Gasteiger partial charge in [-0.15, -0.1) is 0 Å². The van der Waals surface area contributed by atoms with Crippen molar-refractivity contribution < 1.29 is 0 Å². The van der Waals surface area contributed by atoms with Gasteiger partial charge in [-0.2, -0.15) is 0 Å². The normalized spacial score (nSPS) is 10.9. The molecule has 0 aliphatic carbocycles. The average Bonchev–Trinajstić information content (AvgIpc) is 2.72. The number of pyridine rings is 2. The van der Waals surface area contributed by atoms with Crippen LogP contribution in [0.4, 0.5) is 0 Å². The van der Waals surface area contributed by atoms with E-state index in [9.17, 15) is 0 Å². The van der Waals surface area contributed by atoms with E-state index in [1.54, 1.807) is 6.20 Å². The second-order valence-corrected chi connectivity index (χ2v) is 4.11. The molecule has 0 aliphatic heterocycles. The topological polar surface area (TPSA) is 54.5 Å². The van der Waals surface area contributed by atoms with Crippen LogP contribution in [-0.4, -0.2) is 19.9 Å².